The highest BCUT2D eigenvalue weighted by Gasteiger charge is 2.39. The molecule has 4 heteroatoms. The molecule has 0 atom stereocenters. The third-order valence-electron chi connectivity index (χ3n) is 7.79. The van der Waals surface area contributed by atoms with Gasteiger partial charge in [0.2, 0.25) is 0 Å². The predicted molar refractivity (Wildman–Crippen MR) is 132 cm³/mol. The fourth-order valence-corrected chi connectivity index (χ4v) is 6.21. The lowest BCUT2D eigenvalue weighted by molar-refractivity contribution is 0.115. The zero-order valence-corrected chi connectivity index (χ0v) is 18.8. The van der Waals surface area contributed by atoms with Crippen molar-refractivity contribution in [3.63, 3.8) is 0 Å². The standard InChI is InChI=1S/C28H30N3O/c1-2-31-26-10-6-4-8-23(26)24-17-21(11-12-27(24)31)18-29-15-13-28(14-16-29)20-30(32)19-22-7-3-5-9-25(22)28/h3-12,17H,2,13-16,18-20H2,1H3/q-1. The maximum atomic E-state index is 12.4. The Morgan fingerprint density at radius 1 is 0.875 bits per heavy atom. The third-order valence-corrected chi connectivity index (χ3v) is 7.79. The summed E-state index contributed by atoms with van der Waals surface area (Å²) in [6.45, 7) is 7.42. The minimum Gasteiger partial charge on any atom is -0.785 e. The van der Waals surface area contributed by atoms with E-state index in [0.717, 1.165) is 39.0 Å². The Bertz CT molecular complexity index is 1280. The molecule has 4 aromatic rings. The van der Waals surface area contributed by atoms with Crippen LogP contribution < -0.4 is 0 Å². The maximum Gasteiger partial charge on any atom is 0.0491 e. The summed E-state index contributed by atoms with van der Waals surface area (Å²) in [5.74, 6) is 0. The number of rotatable bonds is 3. The van der Waals surface area contributed by atoms with Crippen molar-refractivity contribution in [3.05, 3.63) is 88.6 Å². The zero-order valence-electron chi connectivity index (χ0n) is 18.8. The van der Waals surface area contributed by atoms with Crippen LogP contribution in [0.5, 0.6) is 0 Å². The lowest BCUT2D eigenvalue weighted by atomic mass is 9.69. The first kappa shape index (κ1) is 20.0. The largest absolute Gasteiger partial charge is 0.785 e. The number of benzene rings is 3. The Hall–Kier alpha value is -2.66. The molecule has 0 radical (unpaired) electrons. The van der Waals surface area contributed by atoms with Crippen LogP contribution in [0, 0.1) is 5.21 Å². The summed E-state index contributed by atoms with van der Waals surface area (Å²) >= 11 is 0. The quantitative estimate of drug-likeness (QED) is 0.425. The first-order valence-corrected chi connectivity index (χ1v) is 11.9. The van der Waals surface area contributed by atoms with Gasteiger partial charge in [0.05, 0.1) is 0 Å². The van der Waals surface area contributed by atoms with Crippen molar-refractivity contribution in [2.45, 2.75) is 44.8 Å². The average Bonchev–Trinajstić information content (AvgIpc) is 3.14. The Balaban J connectivity index is 1.25. The summed E-state index contributed by atoms with van der Waals surface area (Å²) in [5.41, 5.74) is 6.68. The monoisotopic (exact) mass is 424 g/mol. The smallest absolute Gasteiger partial charge is 0.0491 e. The van der Waals surface area contributed by atoms with Gasteiger partial charge in [-0.05, 0) is 74.3 Å². The second kappa shape index (κ2) is 7.73. The van der Waals surface area contributed by atoms with Gasteiger partial charge in [-0.15, -0.1) is 0 Å². The van der Waals surface area contributed by atoms with Crippen LogP contribution in [0.2, 0.25) is 0 Å². The summed E-state index contributed by atoms with van der Waals surface area (Å²) in [6.07, 6.45) is 2.11. The molecule has 0 bridgehead atoms. The minimum absolute atomic E-state index is 0.0194. The highest BCUT2D eigenvalue weighted by atomic mass is 16.5. The molecule has 3 heterocycles. The lowest BCUT2D eigenvalue weighted by Crippen LogP contribution is -2.50. The minimum atomic E-state index is 0.0194. The first-order chi connectivity index (χ1) is 15.7. The SMILES string of the molecule is CCn1c2ccccc2c2cc(CN3CCC4(CC3)CN([O-])Cc3ccccc34)ccc21. The molecule has 0 unspecified atom stereocenters. The van der Waals surface area contributed by atoms with E-state index in [-0.39, 0.29) is 5.41 Å². The van der Waals surface area contributed by atoms with E-state index in [9.17, 15) is 5.21 Å². The van der Waals surface area contributed by atoms with Gasteiger partial charge in [0.15, 0.2) is 0 Å². The van der Waals surface area contributed by atoms with Crippen LogP contribution >= 0.6 is 0 Å². The molecule has 0 amide bonds. The average molecular weight is 425 g/mol. The molecule has 1 aromatic heterocycles. The van der Waals surface area contributed by atoms with E-state index in [1.807, 2.05) is 0 Å². The Labute approximate surface area is 189 Å². The molecule has 0 aliphatic carbocycles. The fraction of sp³-hybridized carbons (Fsp3) is 0.357. The van der Waals surface area contributed by atoms with Gasteiger partial charge in [0, 0.05) is 46.9 Å². The summed E-state index contributed by atoms with van der Waals surface area (Å²) in [5, 5.41) is 16.4. The molecule has 1 saturated heterocycles. The van der Waals surface area contributed by atoms with E-state index in [1.165, 1.54) is 43.6 Å². The van der Waals surface area contributed by atoms with Gasteiger partial charge in [0.1, 0.15) is 0 Å². The molecule has 2 aliphatic heterocycles. The van der Waals surface area contributed by atoms with Crippen molar-refractivity contribution in [2.75, 3.05) is 19.6 Å². The number of aryl methyl sites for hydroxylation is 1. The molecule has 1 fully saturated rings. The van der Waals surface area contributed by atoms with E-state index in [0.29, 0.717) is 13.1 Å². The second-order valence-corrected chi connectivity index (χ2v) is 9.62. The van der Waals surface area contributed by atoms with Gasteiger partial charge in [-0.2, -0.15) is 0 Å². The van der Waals surface area contributed by atoms with Gasteiger partial charge >= 0.3 is 0 Å². The van der Waals surface area contributed by atoms with E-state index >= 15 is 0 Å². The molecule has 2 aliphatic rings. The Morgan fingerprint density at radius 3 is 2.47 bits per heavy atom. The normalized spacial score (nSPS) is 19.1. The molecule has 164 valence electrons. The van der Waals surface area contributed by atoms with Crippen molar-refractivity contribution in [1.29, 1.82) is 0 Å². The number of hydroxylamine groups is 2. The van der Waals surface area contributed by atoms with Gasteiger partial charge in [0.25, 0.3) is 0 Å². The number of likely N-dealkylation sites (tertiary alicyclic amines) is 1. The number of nitrogens with zero attached hydrogens (tertiary/aromatic N) is 3. The maximum absolute atomic E-state index is 12.4. The Morgan fingerprint density at radius 2 is 1.62 bits per heavy atom. The molecule has 1 spiro atoms. The van der Waals surface area contributed by atoms with Gasteiger partial charge in [-0.25, -0.2) is 0 Å². The van der Waals surface area contributed by atoms with Crippen molar-refractivity contribution in [2.24, 2.45) is 0 Å². The van der Waals surface area contributed by atoms with Gasteiger partial charge < -0.3 is 14.8 Å². The van der Waals surface area contributed by atoms with Crippen LogP contribution in [-0.4, -0.2) is 34.2 Å². The second-order valence-electron chi connectivity index (χ2n) is 9.62. The van der Waals surface area contributed by atoms with Crippen LogP contribution in [0.4, 0.5) is 0 Å². The summed E-state index contributed by atoms with van der Waals surface area (Å²) in [6, 6.07) is 24.3. The van der Waals surface area contributed by atoms with E-state index < -0.39 is 0 Å². The van der Waals surface area contributed by atoms with E-state index in [2.05, 4.69) is 83.1 Å². The van der Waals surface area contributed by atoms with E-state index in [4.69, 9.17) is 0 Å². The Kier molecular flexibility index (Phi) is 4.83. The molecule has 4 nitrogen and oxygen atoms in total. The topological polar surface area (TPSA) is 34.5 Å². The molecule has 32 heavy (non-hydrogen) atoms. The van der Waals surface area contributed by atoms with Crippen molar-refractivity contribution in [3.8, 4) is 0 Å². The summed E-state index contributed by atoms with van der Waals surface area (Å²) in [4.78, 5) is 2.57. The number of fused-ring (bicyclic) bond motifs is 5. The zero-order chi connectivity index (χ0) is 21.7. The highest BCUT2D eigenvalue weighted by molar-refractivity contribution is 6.08. The number of aromatic nitrogens is 1. The van der Waals surface area contributed by atoms with Crippen LogP contribution in [0.15, 0.2) is 66.7 Å². The van der Waals surface area contributed by atoms with Crippen molar-refractivity contribution in [1.82, 2.24) is 14.5 Å². The lowest BCUT2D eigenvalue weighted by Gasteiger charge is -2.51. The van der Waals surface area contributed by atoms with Crippen LogP contribution in [0.25, 0.3) is 21.8 Å². The molecule has 0 saturated carbocycles. The number of piperidine rings is 1. The number of para-hydroxylation sites is 1. The van der Waals surface area contributed by atoms with Gasteiger partial charge in [-0.3, -0.25) is 4.90 Å². The highest BCUT2D eigenvalue weighted by Crippen LogP contribution is 2.41. The van der Waals surface area contributed by atoms with Crippen molar-refractivity contribution >= 4 is 21.8 Å². The van der Waals surface area contributed by atoms with Crippen LogP contribution in [0.3, 0.4) is 0 Å². The summed E-state index contributed by atoms with van der Waals surface area (Å²) in [7, 11) is 0. The van der Waals surface area contributed by atoms with Gasteiger partial charge in [-0.1, -0.05) is 48.5 Å². The molecule has 3 aromatic carbocycles. The fourth-order valence-electron chi connectivity index (χ4n) is 6.21. The third kappa shape index (κ3) is 3.17. The first-order valence-electron chi connectivity index (χ1n) is 11.9. The van der Waals surface area contributed by atoms with Crippen LogP contribution in [0.1, 0.15) is 36.5 Å². The number of hydrogen-bond donors (Lipinski definition) is 0. The predicted octanol–water partition coefficient (Wildman–Crippen LogP) is 5.66. The molecule has 6 rings (SSSR count). The summed E-state index contributed by atoms with van der Waals surface area (Å²) < 4.78 is 2.41. The number of hydrogen-bond acceptors (Lipinski definition) is 3. The molecular formula is C28H30N3O-. The van der Waals surface area contributed by atoms with Crippen LogP contribution in [-0.2, 0) is 25.0 Å². The molecular weight excluding hydrogens is 394 g/mol. The molecule has 0 N–H and O–H groups in total. The van der Waals surface area contributed by atoms with Crippen molar-refractivity contribution < 1.29 is 0 Å². The van der Waals surface area contributed by atoms with E-state index in [1.54, 1.807) is 0 Å².